The second-order valence-corrected chi connectivity index (χ2v) is 8.37. The molecule has 0 aliphatic rings. The number of carboxylic acid groups (broad SMARTS) is 1. The van der Waals surface area contributed by atoms with Crippen molar-refractivity contribution < 1.29 is 14.7 Å². The third kappa shape index (κ3) is 4.88. The molecule has 1 aromatic carbocycles. The van der Waals surface area contributed by atoms with E-state index in [-0.39, 0.29) is 18.9 Å². The Kier molecular flexibility index (Phi) is 6.64. The Morgan fingerprint density at radius 1 is 1.18 bits per heavy atom. The van der Waals surface area contributed by atoms with Crippen LogP contribution in [-0.2, 0) is 9.59 Å². The monoisotopic (exact) mass is 415 g/mol. The lowest BCUT2D eigenvalue weighted by Crippen LogP contribution is -2.29. The van der Waals surface area contributed by atoms with Gasteiger partial charge in [0.1, 0.15) is 16.2 Å². The number of benzene rings is 1. The van der Waals surface area contributed by atoms with Gasteiger partial charge in [0.05, 0.1) is 11.8 Å². The molecule has 0 unspecified atom stereocenters. The van der Waals surface area contributed by atoms with E-state index in [2.05, 4.69) is 46.5 Å². The summed E-state index contributed by atoms with van der Waals surface area (Å²) in [5.41, 5.74) is 3.44. The summed E-state index contributed by atoms with van der Waals surface area (Å²) >= 11 is 3.11. The number of amides is 1. The maximum absolute atomic E-state index is 12.2. The molecule has 1 amide bonds. The van der Waals surface area contributed by atoms with Crippen LogP contribution in [0.25, 0.3) is 21.3 Å². The number of aliphatic carboxylic acids is 1. The summed E-state index contributed by atoms with van der Waals surface area (Å²) < 4.78 is 0. The molecule has 0 radical (unpaired) electrons. The molecule has 0 saturated heterocycles. The van der Waals surface area contributed by atoms with Crippen molar-refractivity contribution in [3.05, 3.63) is 41.5 Å². The van der Waals surface area contributed by atoms with E-state index in [0.717, 1.165) is 26.4 Å². The Morgan fingerprint density at radius 2 is 1.93 bits per heavy atom. The second-order valence-electron chi connectivity index (χ2n) is 6.43. The van der Waals surface area contributed by atoms with Crippen molar-refractivity contribution in [1.29, 1.82) is 0 Å². The average molecular weight is 416 g/mol. The third-order valence-corrected chi connectivity index (χ3v) is 6.22. The molecule has 28 heavy (non-hydrogen) atoms. The van der Waals surface area contributed by atoms with E-state index in [1.807, 2.05) is 0 Å². The third-order valence-electron chi connectivity index (χ3n) is 4.34. The molecule has 0 aliphatic carbocycles. The first-order valence-electron chi connectivity index (χ1n) is 8.83. The molecule has 0 bridgehead atoms. The summed E-state index contributed by atoms with van der Waals surface area (Å²) in [5.74, 6) is -0.396. The van der Waals surface area contributed by atoms with Crippen molar-refractivity contribution in [2.75, 3.05) is 19.3 Å². The van der Waals surface area contributed by atoms with Crippen LogP contribution in [-0.4, -0.2) is 51.2 Å². The number of aromatic nitrogens is 2. The van der Waals surface area contributed by atoms with E-state index in [1.54, 1.807) is 24.7 Å². The number of rotatable bonds is 8. The molecule has 2 heterocycles. The van der Waals surface area contributed by atoms with Crippen LogP contribution >= 0.6 is 23.1 Å². The first-order chi connectivity index (χ1) is 13.5. The van der Waals surface area contributed by atoms with Crippen LogP contribution in [0.3, 0.4) is 0 Å². The maximum atomic E-state index is 12.2. The molecule has 0 spiro atoms. The molecule has 6 nitrogen and oxygen atoms in total. The van der Waals surface area contributed by atoms with Gasteiger partial charge in [0.2, 0.25) is 5.91 Å². The van der Waals surface area contributed by atoms with Crippen LogP contribution in [0.1, 0.15) is 18.4 Å². The molecule has 3 rings (SSSR count). The van der Waals surface area contributed by atoms with Crippen LogP contribution in [0.2, 0.25) is 0 Å². The van der Waals surface area contributed by atoms with E-state index in [9.17, 15) is 9.59 Å². The number of hydrogen-bond donors (Lipinski definition) is 1. The molecule has 3 aromatic rings. The molecule has 146 valence electrons. The van der Waals surface area contributed by atoms with Gasteiger partial charge in [0.15, 0.2) is 0 Å². The van der Waals surface area contributed by atoms with Gasteiger partial charge in [-0.25, -0.2) is 9.97 Å². The van der Waals surface area contributed by atoms with Gasteiger partial charge in [-0.2, -0.15) is 0 Å². The number of fused-ring (bicyclic) bond motifs is 1. The van der Waals surface area contributed by atoms with Crippen LogP contribution in [0.15, 0.2) is 41.0 Å². The van der Waals surface area contributed by atoms with Crippen molar-refractivity contribution in [2.24, 2.45) is 0 Å². The zero-order chi connectivity index (χ0) is 20.1. The zero-order valence-corrected chi connectivity index (χ0v) is 17.3. The van der Waals surface area contributed by atoms with Crippen molar-refractivity contribution in [2.45, 2.75) is 24.8 Å². The van der Waals surface area contributed by atoms with Crippen molar-refractivity contribution in [1.82, 2.24) is 14.9 Å². The van der Waals surface area contributed by atoms with Crippen LogP contribution in [0.5, 0.6) is 0 Å². The molecule has 2 aromatic heterocycles. The van der Waals surface area contributed by atoms with Crippen LogP contribution < -0.4 is 0 Å². The highest BCUT2D eigenvalue weighted by Gasteiger charge is 2.15. The molecule has 0 saturated carbocycles. The van der Waals surface area contributed by atoms with Gasteiger partial charge in [-0.3, -0.25) is 9.59 Å². The number of aryl methyl sites for hydroxylation is 1. The molecule has 1 N–H and O–H groups in total. The van der Waals surface area contributed by atoms with Crippen LogP contribution in [0.4, 0.5) is 0 Å². The topological polar surface area (TPSA) is 83.4 Å². The SMILES string of the molecule is Cc1ccc(-c2csc3ncnc(SCCC(=O)N(C)CCC(=O)O)c23)cc1. The van der Waals surface area contributed by atoms with E-state index in [0.29, 0.717) is 12.2 Å². The lowest BCUT2D eigenvalue weighted by molar-refractivity contribution is -0.138. The summed E-state index contributed by atoms with van der Waals surface area (Å²) in [7, 11) is 1.63. The lowest BCUT2D eigenvalue weighted by atomic mass is 10.1. The fraction of sp³-hybridized carbons (Fsp3) is 0.300. The number of nitrogens with zero attached hydrogens (tertiary/aromatic N) is 3. The smallest absolute Gasteiger partial charge is 0.305 e. The van der Waals surface area contributed by atoms with E-state index < -0.39 is 5.97 Å². The minimum Gasteiger partial charge on any atom is -0.481 e. The standard InChI is InChI=1S/C20H21N3O3S2/c1-13-3-5-14(6-4-13)15-11-28-20-18(15)19(21-12-22-20)27-10-8-16(24)23(2)9-7-17(25)26/h3-6,11-12H,7-10H2,1-2H3,(H,25,26). The predicted octanol–water partition coefficient (Wildman–Crippen LogP) is 4.08. The molecular weight excluding hydrogens is 394 g/mol. The number of carboxylic acids is 1. The number of thiophene rings is 1. The van der Waals surface area contributed by atoms with E-state index in [4.69, 9.17) is 5.11 Å². The van der Waals surface area contributed by atoms with Gasteiger partial charge in [0.25, 0.3) is 0 Å². The fourth-order valence-corrected chi connectivity index (χ4v) is 4.64. The summed E-state index contributed by atoms with van der Waals surface area (Å²) in [6, 6.07) is 8.36. The minimum atomic E-state index is -0.904. The van der Waals surface area contributed by atoms with Crippen molar-refractivity contribution in [3.63, 3.8) is 0 Å². The van der Waals surface area contributed by atoms with Gasteiger partial charge >= 0.3 is 5.97 Å². The molecule has 0 atom stereocenters. The highest BCUT2D eigenvalue weighted by atomic mass is 32.2. The van der Waals surface area contributed by atoms with Gasteiger partial charge in [-0.15, -0.1) is 23.1 Å². The molecule has 0 aliphatic heterocycles. The van der Waals surface area contributed by atoms with E-state index in [1.165, 1.54) is 22.2 Å². The van der Waals surface area contributed by atoms with Crippen molar-refractivity contribution >= 4 is 45.2 Å². The Labute approximate surface area is 171 Å². The Balaban J connectivity index is 1.71. The lowest BCUT2D eigenvalue weighted by Gasteiger charge is -2.15. The molecule has 8 heteroatoms. The first kappa shape index (κ1) is 20.3. The summed E-state index contributed by atoms with van der Waals surface area (Å²) in [4.78, 5) is 34.0. The largest absolute Gasteiger partial charge is 0.481 e. The number of carbonyl (C=O) groups excluding carboxylic acids is 1. The highest BCUT2D eigenvalue weighted by molar-refractivity contribution is 7.99. The minimum absolute atomic E-state index is 0.0449. The van der Waals surface area contributed by atoms with Gasteiger partial charge < -0.3 is 10.0 Å². The zero-order valence-electron chi connectivity index (χ0n) is 15.7. The number of hydrogen-bond acceptors (Lipinski definition) is 6. The molecule has 0 fully saturated rings. The number of thioether (sulfide) groups is 1. The van der Waals surface area contributed by atoms with Gasteiger partial charge in [-0.1, -0.05) is 29.8 Å². The summed E-state index contributed by atoms with van der Waals surface area (Å²) in [6.45, 7) is 2.28. The molecular formula is C20H21N3O3S2. The maximum Gasteiger partial charge on any atom is 0.305 e. The first-order valence-corrected chi connectivity index (χ1v) is 10.7. The summed E-state index contributed by atoms with van der Waals surface area (Å²) in [6.07, 6.45) is 1.84. The fourth-order valence-electron chi connectivity index (χ4n) is 2.72. The number of carbonyl (C=O) groups is 2. The normalized spacial score (nSPS) is 10.9. The Bertz CT molecular complexity index is 986. The Hall–Kier alpha value is -2.45. The average Bonchev–Trinajstić information content (AvgIpc) is 3.11. The van der Waals surface area contributed by atoms with Crippen molar-refractivity contribution in [3.8, 4) is 11.1 Å². The van der Waals surface area contributed by atoms with Gasteiger partial charge in [-0.05, 0) is 12.5 Å². The predicted molar refractivity (Wildman–Crippen MR) is 113 cm³/mol. The highest BCUT2D eigenvalue weighted by Crippen LogP contribution is 2.38. The van der Waals surface area contributed by atoms with Crippen LogP contribution in [0, 0.1) is 6.92 Å². The van der Waals surface area contributed by atoms with Gasteiger partial charge in [0, 0.05) is 36.7 Å². The quantitative estimate of drug-likeness (QED) is 0.441. The second kappa shape index (κ2) is 9.16. The summed E-state index contributed by atoms with van der Waals surface area (Å²) in [5, 5.41) is 12.7. The Morgan fingerprint density at radius 3 is 2.64 bits per heavy atom. The van der Waals surface area contributed by atoms with E-state index >= 15 is 0 Å².